The summed E-state index contributed by atoms with van der Waals surface area (Å²) in [5.41, 5.74) is 2.67. The molecule has 0 radical (unpaired) electrons. The van der Waals surface area contributed by atoms with E-state index < -0.39 is 0 Å². The van der Waals surface area contributed by atoms with Crippen LogP contribution in [0.15, 0.2) is 97.1 Å². The predicted molar refractivity (Wildman–Crippen MR) is 127 cm³/mol. The van der Waals surface area contributed by atoms with Crippen molar-refractivity contribution in [3.05, 3.63) is 108 Å². The lowest BCUT2D eigenvalue weighted by molar-refractivity contribution is -0.123. The van der Waals surface area contributed by atoms with E-state index in [1.165, 1.54) is 0 Å². The summed E-state index contributed by atoms with van der Waals surface area (Å²) in [6, 6.07) is 30.9. The van der Waals surface area contributed by atoms with Crippen LogP contribution in [0.5, 0.6) is 5.75 Å². The van der Waals surface area contributed by atoms with E-state index in [0.717, 1.165) is 27.6 Å². The van der Waals surface area contributed by atoms with Crippen LogP contribution in [0.4, 0.5) is 5.69 Å². The van der Waals surface area contributed by atoms with Crippen molar-refractivity contribution < 1.29 is 14.3 Å². The average Bonchev–Trinajstić information content (AvgIpc) is 2.83. The Labute approximate surface area is 187 Å². The standard InChI is InChI=1S/C27H24N2O3/c30-26(17-22-11-6-10-21-9-4-5-12-25(21)22)28-18-27(31)29-23-13-15-24(16-14-23)32-19-20-7-2-1-3-8-20/h1-16H,17-19H2,(H,28,30)(H,29,31). The molecule has 5 nitrogen and oxygen atoms in total. The molecular weight excluding hydrogens is 400 g/mol. The molecule has 0 unspecified atom stereocenters. The summed E-state index contributed by atoms with van der Waals surface area (Å²) < 4.78 is 5.75. The van der Waals surface area contributed by atoms with E-state index in [1.807, 2.05) is 72.8 Å². The van der Waals surface area contributed by atoms with Gasteiger partial charge >= 0.3 is 0 Å². The van der Waals surface area contributed by atoms with Gasteiger partial charge in [0.25, 0.3) is 0 Å². The number of benzene rings is 4. The Hall–Kier alpha value is -4.12. The van der Waals surface area contributed by atoms with Crippen LogP contribution in [-0.2, 0) is 22.6 Å². The molecule has 160 valence electrons. The zero-order valence-corrected chi connectivity index (χ0v) is 17.6. The first kappa shape index (κ1) is 21.1. The molecule has 2 amide bonds. The summed E-state index contributed by atoms with van der Waals surface area (Å²) in [5.74, 6) is 0.241. The monoisotopic (exact) mass is 424 g/mol. The van der Waals surface area contributed by atoms with Gasteiger partial charge in [0.15, 0.2) is 0 Å². The van der Waals surface area contributed by atoms with Crippen LogP contribution in [0.2, 0.25) is 0 Å². The smallest absolute Gasteiger partial charge is 0.243 e. The third kappa shape index (κ3) is 5.73. The van der Waals surface area contributed by atoms with Crippen LogP contribution in [0.3, 0.4) is 0 Å². The topological polar surface area (TPSA) is 67.4 Å². The van der Waals surface area contributed by atoms with E-state index in [9.17, 15) is 9.59 Å². The number of hydrogen-bond donors (Lipinski definition) is 2. The van der Waals surface area contributed by atoms with Crippen molar-refractivity contribution in [2.45, 2.75) is 13.0 Å². The molecule has 4 aromatic carbocycles. The predicted octanol–water partition coefficient (Wildman–Crippen LogP) is 4.72. The van der Waals surface area contributed by atoms with Crippen LogP contribution in [0, 0.1) is 0 Å². The van der Waals surface area contributed by atoms with Crippen molar-refractivity contribution in [1.29, 1.82) is 0 Å². The van der Waals surface area contributed by atoms with Crippen molar-refractivity contribution in [2.24, 2.45) is 0 Å². The molecule has 0 atom stereocenters. The van der Waals surface area contributed by atoms with Crippen molar-refractivity contribution in [1.82, 2.24) is 5.32 Å². The lowest BCUT2D eigenvalue weighted by atomic mass is 10.0. The SMILES string of the molecule is O=C(Cc1cccc2ccccc12)NCC(=O)Nc1ccc(OCc2ccccc2)cc1. The Morgan fingerprint density at radius 1 is 0.719 bits per heavy atom. The van der Waals surface area contributed by atoms with Crippen LogP contribution in [0.25, 0.3) is 10.8 Å². The second-order valence-electron chi connectivity index (χ2n) is 7.44. The first-order valence-electron chi connectivity index (χ1n) is 10.5. The third-order valence-electron chi connectivity index (χ3n) is 5.06. The summed E-state index contributed by atoms with van der Waals surface area (Å²) in [5, 5.41) is 7.61. The zero-order chi connectivity index (χ0) is 22.2. The Bertz CT molecular complexity index is 1200. The molecule has 0 saturated heterocycles. The van der Waals surface area contributed by atoms with Gasteiger partial charge in [0.1, 0.15) is 12.4 Å². The first-order valence-corrected chi connectivity index (χ1v) is 10.5. The van der Waals surface area contributed by atoms with E-state index in [0.29, 0.717) is 12.3 Å². The van der Waals surface area contributed by atoms with Crippen LogP contribution >= 0.6 is 0 Å². The van der Waals surface area contributed by atoms with Crippen molar-refractivity contribution in [2.75, 3.05) is 11.9 Å². The zero-order valence-electron chi connectivity index (χ0n) is 17.6. The van der Waals surface area contributed by atoms with Gasteiger partial charge in [0, 0.05) is 5.69 Å². The fourth-order valence-electron chi connectivity index (χ4n) is 3.44. The van der Waals surface area contributed by atoms with Gasteiger partial charge in [-0.3, -0.25) is 9.59 Å². The molecule has 0 spiro atoms. The molecular formula is C27H24N2O3. The molecule has 0 fully saturated rings. The molecule has 4 rings (SSSR count). The van der Waals surface area contributed by atoms with Crippen molar-refractivity contribution in [3.8, 4) is 5.75 Å². The Kier molecular flexibility index (Phi) is 6.78. The Morgan fingerprint density at radius 3 is 2.25 bits per heavy atom. The summed E-state index contributed by atoms with van der Waals surface area (Å²) in [4.78, 5) is 24.6. The highest BCUT2D eigenvalue weighted by Crippen LogP contribution is 2.19. The molecule has 0 bridgehead atoms. The molecule has 0 aliphatic rings. The second-order valence-corrected chi connectivity index (χ2v) is 7.44. The van der Waals surface area contributed by atoms with Gasteiger partial charge in [0.2, 0.25) is 11.8 Å². The quantitative estimate of drug-likeness (QED) is 0.430. The van der Waals surface area contributed by atoms with E-state index in [4.69, 9.17) is 4.74 Å². The molecule has 0 aliphatic carbocycles. The van der Waals surface area contributed by atoms with E-state index >= 15 is 0 Å². The number of amides is 2. The highest BCUT2D eigenvalue weighted by molar-refractivity contribution is 5.95. The number of nitrogens with one attached hydrogen (secondary N) is 2. The van der Waals surface area contributed by atoms with Gasteiger partial charge in [-0.1, -0.05) is 72.8 Å². The molecule has 0 saturated carbocycles. The van der Waals surface area contributed by atoms with Crippen LogP contribution in [0.1, 0.15) is 11.1 Å². The van der Waals surface area contributed by atoms with Gasteiger partial charge < -0.3 is 15.4 Å². The Morgan fingerprint density at radius 2 is 1.44 bits per heavy atom. The third-order valence-corrected chi connectivity index (χ3v) is 5.06. The molecule has 4 aromatic rings. The minimum absolute atomic E-state index is 0.0874. The lowest BCUT2D eigenvalue weighted by Gasteiger charge is -2.10. The molecule has 5 heteroatoms. The van der Waals surface area contributed by atoms with Gasteiger partial charge in [-0.25, -0.2) is 0 Å². The highest BCUT2D eigenvalue weighted by Gasteiger charge is 2.09. The first-order chi connectivity index (χ1) is 15.7. The molecule has 0 aromatic heterocycles. The van der Waals surface area contributed by atoms with Gasteiger partial charge in [-0.05, 0) is 46.2 Å². The summed E-state index contributed by atoms with van der Waals surface area (Å²) in [6.07, 6.45) is 0.224. The maximum absolute atomic E-state index is 12.3. The summed E-state index contributed by atoms with van der Waals surface area (Å²) >= 11 is 0. The number of carbonyl (C=O) groups is 2. The molecule has 0 aliphatic heterocycles. The number of anilines is 1. The fraction of sp³-hybridized carbons (Fsp3) is 0.111. The van der Waals surface area contributed by atoms with E-state index in [2.05, 4.69) is 10.6 Å². The van der Waals surface area contributed by atoms with Crippen LogP contribution < -0.4 is 15.4 Å². The minimum Gasteiger partial charge on any atom is -0.489 e. The van der Waals surface area contributed by atoms with Crippen molar-refractivity contribution >= 4 is 28.3 Å². The number of fused-ring (bicyclic) bond motifs is 1. The maximum atomic E-state index is 12.3. The fourth-order valence-corrected chi connectivity index (χ4v) is 3.44. The largest absolute Gasteiger partial charge is 0.489 e. The minimum atomic E-state index is -0.283. The van der Waals surface area contributed by atoms with Crippen LogP contribution in [-0.4, -0.2) is 18.4 Å². The number of ether oxygens (including phenoxy) is 1. The van der Waals surface area contributed by atoms with Gasteiger partial charge in [-0.15, -0.1) is 0 Å². The highest BCUT2D eigenvalue weighted by atomic mass is 16.5. The average molecular weight is 425 g/mol. The van der Waals surface area contributed by atoms with Gasteiger partial charge in [0.05, 0.1) is 13.0 Å². The number of rotatable bonds is 8. The number of carbonyl (C=O) groups excluding carboxylic acids is 2. The molecule has 32 heavy (non-hydrogen) atoms. The van der Waals surface area contributed by atoms with E-state index in [-0.39, 0.29) is 24.8 Å². The van der Waals surface area contributed by atoms with E-state index in [1.54, 1.807) is 24.3 Å². The lowest BCUT2D eigenvalue weighted by Crippen LogP contribution is -2.33. The van der Waals surface area contributed by atoms with Gasteiger partial charge in [-0.2, -0.15) is 0 Å². The normalized spacial score (nSPS) is 10.5. The Balaban J connectivity index is 1.24. The molecule has 0 heterocycles. The summed E-state index contributed by atoms with van der Waals surface area (Å²) in [7, 11) is 0. The summed E-state index contributed by atoms with van der Waals surface area (Å²) in [6.45, 7) is 0.394. The molecule has 2 N–H and O–H groups in total. The number of hydrogen-bond acceptors (Lipinski definition) is 3. The maximum Gasteiger partial charge on any atom is 0.243 e. The van der Waals surface area contributed by atoms with Crippen molar-refractivity contribution in [3.63, 3.8) is 0 Å². The second kappa shape index (κ2) is 10.3.